The third kappa shape index (κ3) is 1.47. The number of fused-ring (bicyclic) bond motifs is 2. The molecule has 3 unspecified atom stereocenters. The Morgan fingerprint density at radius 3 is 2.75 bits per heavy atom. The quantitative estimate of drug-likeness (QED) is 0.700. The lowest BCUT2D eigenvalue weighted by molar-refractivity contribution is -0.160. The van der Waals surface area contributed by atoms with Gasteiger partial charge in [0.1, 0.15) is 0 Å². The van der Waals surface area contributed by atoms with Crippen molar-refractivity contribution in [1.29, 1.82) is 0 Å². The van der Waals surface area contributed by atoms with E-state index in [9.17, 15) is 9.90 Å². The number of hydrogen-bond acceptors (Lipinski definition) is 3. The average molecular weight is 224 g/mol. The lowest BCUT2D eigenvalue weighted by atomic mass is 9.84. The molecule has 3 aliphatic heterocycles. The molecule has 0 aromatic heterocycles. The molecule has 0 radical (unpaired) electrons. The minimum Gasteiger partial charge on any atom is -0.386 e. The summed E-state index contributed by atoms with van der Waals surface area (Å²) in [5.74, 6) is 0.443. The highest BCUT2D eigenvalue weighted by atomic mass is 16.3. The first-order chi connectivity index (χ1) is 7.61. The standard InChI is InChI=1S/C12H20N2O2/c1-2-12(16)6-14(7-12)11(15)9-5-8-3-4-10(9)13-8/h8-10,13,16H,2-7H2,1H3. The largest absolute Gasteiger partial charge is 0.386 e. The maximum atomic E-state index is 12.2. The van der Waals surface area contributed by atoms with Gasteiger partial charge in [0.25, 0.3) is 0 Å². The van der Waals surface area contributed by atoms with Gasteiger partial charge in [0.2, 0.25) is 5.91 Å². The Morgan fingerprint density at radius 1 is 1.50 bits per heavy atom. The summed E-state index contributed by atoms with van der Waals surface area (Å²) in [6.07, 6.45) is 4.12. The van der Waals surface area contributed by atoms with Gasteiger partial charge in [-0.3, -0.25) is 4.79 Å². The zero-order chi connectivity index (χ0) is 11.3. The summed E-state index contributed by atoms with van der Waals surface area (Å²) in [6.45, 7) is 3.05. The number of aliphatic hydroxyl groups is 1. The molecule has 4 nitrogen and oxygen atoms in total. The van der Waals surface area contributed by atoms with Gasteiger partial charge in [0.05, 0.1) is 24.6 Å². The lowest BCUT2D eigenvalue weighted by Crippen LogP contribution is -2.64. The minimum atomic E-state index is -0.597. The van der Waals surface area contributed by atoms with E-state index in [0.29, 0.717) is 25.2 Å². The van der Waals surface area contributed by atoms with Gasteiger partial charge < -0.3 is 15.3 Å². The van der Waals surface area contributed by atoms with E-state index < -0.39 is 5.60 Å². The van der Waals surface area contributed by atoms with Crippen molar-refractivity contribution in [3.63, 3.8) is 0 Å². The maximum Gasteiger partial charge on any atom is 0.227 e. The van der Waals surface area contributed by atoms with Crippen LogP contribution in [-0.2, 0) is 4.79 Å². The van der Waals surface area contributed by atoms with Crippen LogP contribution in [-0.4, -0.2) is 46.7 Å². The molecule has 0 saturated carbocycles. The number of amides is 1. The summed E-state index contributed by atoms with van der Waals surface area (Å²) in [5, 5.41) is 13.4. The smallest absolute Gasteiger partial charge is 0.227 e. The van der Waals surface area contributed by atoms with Crippen LogP contribution in [0.3, 0.4) is 0 Å². The first-order valence-electron chi connectivity index (χ1n) is 6.38. The fraction of sp³-hybridized carbons (Fsp3) is 0.917. The molecule has 16 heavy (non-hydrogen) atoms. The second kappa shape index (κ2) is 3.44. The first-order valence-corrected chi connectivity index (χ1v) is 6.38. The van der Waals surface area contributed by atoms with Crippen LogP contribution in [0.5, 0.6) is 0 Å². The lowest BCUT2D eigenvalue weighted by Gasteiger charge is -2.47. The van der Waals surface area contributed by atoms with Crippen molar-refractivity contribution in [2.75, 3.05) is 13.1 Å². The van der Waals surface area contributed by atoms with E-state index in [-0.39, 0.29) is 11.8 Å². The minimum absolute atomic E-state index is 0.181. The van der Waals surface area contributed by atoms with Crippen molar-refractivity contribution in [1.82, 2.24) is 10.2 Å². The molecule has 2 bridgehead atoms. The second-order valence-electron chi connectivity index (χ2n) is 5.66. The fourth-order valence-corrected chi connectivity index (χ4v) is 3.38. The molecule has 0 aromatic carbocycles. The fourth-order valence-electron chi connectivity index (χ4n) is 3.38. The number of carbonyl (C=O) groups excluding carboxylic acids is 1. The van der Waals surface area contributed by atoms with Gasteiger partial charge in [-0.05, 0) is 25.7 Å². The summed E-state index contributed by atoms with van der Waals surface area (Å²) in [4.78, 5) is 14.0. The molecule has 4 heteroatoms. The predicted octanol–water partition coefficient (Wildman–Crippen LogP) is 0.110. The Kier molecular flexibility index (Phi) is 2.27. The highest BCUT2D eigenvalue weighted by molar-refractivity contribution is 5.81. The van der Waals surface area contributed by atoms with Gasteiger partial charge in [-0.15, -0.1) is 0 Å². The Morgan fingerprint density at radius 2 is 2.25 bits per heavy atom. The molecule has 90 valence electrons. The third-order valence-electron chi connectivity index (χ3n) is 4.56. The van der Waals surface area contributed by atoms with Crippen molar-refractivity contribution in [2.45, 2.75) is 50.3 Å². The Hall–Kier alpha value is -0.610. The van der Waals surface area contributed by atoms with Gasteiger partial charge >= 0.3 is 0 Å². The molecule has 3 fully saturated rings. The number of likely N-dealkylation sites (tertiary alicyclic amines) is 1. The van der Waals surface area contributed by atoms with Crippen LogP contribution in [0.1, 0.15) is 32.6 Å². The van der Waals surface area contributed by atoms with Crippen LogP contribution >= 0.6 is 0 Å². The summed E-state index contributed by atoms with van der Waals surface area (Å²) >= 11 is 0. The summed E-state index contributed by atoms with van der Waals surface area (Å²) in [5.41, 5.74) is -0.597. The molecule has 3 aliphatic rings. The zero-order valence-corrected chi connectivity index (χ0v) is 9.78. The molecule has 0 spiro atoms. The van der Waals surface area contributed by atoms with E-state index in [0.717, 1.165) is 19.3 Å². The summed E-state index contributed by atoms with van der Waals surface area (Å²) < 4.78 is 0. The van der Waals surface area contributed by atoms with E-state index >= 15 is 0 Å². The van der Waals surface area contributed by atoms with Gasteiger partial charge in [-0.25, -0.2) is 0 Å². The van der Waals surface area contributed by atoms with Gasteiger partial charge in [0, 0.05) is 12.1 Å². The zero-order valence-electron chi connectivity index (χ0n) is 9.78. The second-order valence-corrected chi connectivity index (χ2v) is 5.66. The first kappa shape index (κ1) is 10.5. The van der Waals surface area contributed by atoms with Gasteiger partial charge in [-0.1, -0.05) is 6.92 Å². The average Bonchev–Trinajstić information content (AvgIpc) is 2.85. The molecular weight excluding hydrogens is 204 g/mol. The number of rotatable bonds is 2. The summed E-state index contributed by atoms with van der Waals surface area (Å²) in [6, 6.07) is 0.984. The topological polar surface area (TPSA) is 52.6 Å². The predicted molar refractivity (Wildman–Crippen MR) is 59.9 cm³/mol. The van der Waals surface area contributed by atoms with Crippen LogP contribution in [0.25, 0.3) is 0 Å². The van der Waals surface area contributed by atoms with E-state index in [1.807, 2.05) is 11.8 Å². The third-order valence-corrected chi connectivity index (χ3v) is 4.56. The Labute approximate surface area is 96.0 Å². The van der Waals surface area contributed by atoms with Crippen molar-refractivity contribution >= 4 is 5.91 Å². The van der Waals surface area contributed by atoms with E-state index in [4.69, 9.17) is 0 Å². The molecule has 2 N–H and O–H groups in total. The highest BCUT2D eigenvalue weighted by Gasteiger charge is 2.49. The molecule has 0 aliphatic carbocycles. The Balaban J connectivity index is 1.59. The van der Waals surface area contributed by atoms with Crippen molar-refractivity contribution in [2.24, 2.45) is 5.92 Å². The number of nitrogens with one attached hydrogen (secondary N) is 1. The van der Waals surface area contributed by atoms with E-state index in [2.05, 4.69) is 5.32 Å². The number of carbonyl (C=O) groups is 1. The van der Waals surface area contributed by atoms with Crippen LogP contribution < -0.4 is 5.32 Å². The van der Waals surface area contributed by atoms with Gasteiger partial charge in [0.15, 0.2) is 0 Å². The molecule has 3 rings (SSSR count). The van der Waals surface area contributed by atoms with Crippen molar-refractivity contribution in [3.05, 3.63) is 0 Å². The molecule has 3 atom stereocenters. The van der Waals surface area contributed by atoms with E-state index in [1.54, 1.807) is 0 Å². The Bertz CT molecular complexity index is 312. The maximum absolute atomic E-state index is 12.2. The number of nitrogens with zero attached hydrogens (tertiary/aromatic N) is 1. The monoisotopic (exact) mass is 224 g/mol. The van der Waals surface area contributed by atoms with Crippen LogP contribution in [0.15, 0.2) is 0 Å². The normalized spacial score (nSPS) is 39.9. The molecule has 0 aromatic rings. The van der Waals surface area contributed by atoms with Crippen LogP contribution in [0.2, 0.25) is 0 Å². The van der Waals surface area contributed by atoms with Crippen LogP contribution in [0.4, 0.5) is 0 Å². The van der Waals surface area contributed by atoms with Crippen molar-refractivity contribution in [3.8, 4) is 0 Å². The summed E-state index contributed by atoms with van der Waals surface area (Å²) in [7, 11) is 0. The van der Waals surface area contributed by atoms with Crippen LogP contribution in [0, 0.1) is 5.92 Å². The number of β-amino-alcohol motifs (C(OH)–C–C–N with tert-alkyl or cyclic N) is 1. The van der Waals surface area contributed by atoms with Gasteiger partial charge in [-0.2, -0.15) is 0 Å². The highest BCUT2D eigenvalue weighted by Crippen LogP contribution is 2.36. The van der Waals surface area contributed by atoms with E-state index in [1.165, 1.54) is 6.42 Å². The number of hydrogen-bond donors (Lipinski definition) is 2. The molecule has 3 heterocycles. The molecule has 3 saturated heterocycles. The van der Waals surface area contributed by atoms with Crippen molar-refractivity contribution < 1.29 is 9.90 Å². The molecular formula is C12H20N2O2. The molecule has 1 amide bonds. The SMILES string of the molecule is CCC1(O)CN(C(=O)C2CC3CCC2N3)C1.